The number of nitrogens with zero attached hydrogens (tertiary/aromatic N) is 5. The second kappa shape index (κ2) is 6.15. The number of piperazine rings is 1. The van der Waals surface area contributed by atoms with Crippen molar-refractivity contribution in [2.75, 3.05) is 36.0 Å². The van der Waals surface area contributed by atoms with Crippen LogP contribution in [0.3, 0.4) is 0 Å². The van der Waals surface area contributed by atoms with Gasteiger partial charge in [-0.2, -0.15) is 0 Å². The Balaban J connectivity index is 1.70. The summed E-state index contributed by atoms with van der Waals surface area (Å²) in [4.78, 5) is 17.6. The summed E-state index contributed by atoms with van der Waals surface area (Å²) in [6.07, 6.45) is 3.58. The minimum Gasteiger partial charge on any atom is -0.352 e. The minimum atomic E-state index is 0.671. The number of anilines is 2. The Morgan fingerprint density at radius 2 is 1.86 bits per heavy atom. The SMILES string of the molecule is Cc1ccnc(N2CCN(c3ncc(Br)cc3Cl)CC2)n1. The molecule has 0 radical (unpaired) electrons. The van der Waals surface area contributed by atoms with Crippen molar-refractivity contribution < 1.29 is 0 Å². The summed E-state index contributed by atoms with van der Waals surface area (Å²) < 4.78 is 0.892. The van der Waals surface area contributed by atoms with E-state index in [9.17, 15) is 0 Å². The maximum absolute atomic E-state index is 6.26. The number of rotatable bonds is 2. The molecule has 0 aromatic carbocycles. The lowest BCUT2D eigenvalue weighted by Crippen LogP contribution is -2.47. The van der Waals surface area contributed by atoms with Crippen LogP contribution in [-0.4, -0.2) is 41.1 Å². The number of aryl methyl sites for hydroxylation is 1. The van der Waals surface area contributed by atoms with E-state index in [2.05, 4.69) is 40.7 Å². The summed E-state index contributed by atoms with van der Waals surface area (Å²) >= 11 is 9.64. The van der Waals surface area contributed by atoms with Crippen molar-refractivity contribution >= 4 is 39.3 Å². The van der Waals surface area contributed by atoms with Crippen LogP contribution in [0.15, 0.2) is 29.0 Å². The lowest BCUT2D eigenvalue weighted by atomic mass is 10.3. The Bertz CT molecular complexity index is 643. The zero-order valence-corrected chi connectivity index (χ0v) is 14.0. The van der Waals surface area contributed by atoms with Gasteiger partial charge in [0.2, 0.25) is 5.95 Å². The van der Waals surface area contributed by atoms with Gasteiger partial charge in [-0.05, 0) is 35.0 Å². The van der Waals surface area contributed by atoms with E-state index in [-0.39, 0.29) is 0 Å². The van der Waals surface area contributed by atoms with Crippen LogP contribution in [0.5, 0.6) is 0 Å². The molecule has 1 fully saturated rings. The van der Waals surface area contributed by atoms with Gasteiger partial charge in [0, 0.05) is 48.7 Å². The molecular formula is C14H15BrClN5. The molecule has 7 heteroatoms. The smallest absolute Gasteiger partial charge is 0.225 e. The van der Waals surface area contributed by atoms with E-state index in [1.807, 2.05) is 19.1 Å². The number of pyridine rings is 1. The van der Waals surface area contributed by atoms with E-state index in [0.717, 1.165) is 48.1 Å². The third-order valence-electron chi connectivity index (χ3n) is 3.43. The van der Waals surface area contributed by atoms with Crippen LogP contribution >= 0.6 is 27.5 Å². The highest BCUT2D eigenvalue weighted by Gasteiger charge is 2.21. The second-order valence-electron chi connectivity index (χ2n) is 4.93. The van der Waals surface area contributed by atoms with Crippen LogP contribution in [0.1, 0.15) is 5.69 Å². The van der Waals surface area contributed by atoms with Gasteiger partial charge in [-0.25, -0.2) is 15.0 Å². The summed E-state index contributed by atoms with van der Waals surface area (Å²) in [5.74, 6) is 1.63. The molecule has 0 spiro atoms. The largest absolute Gasteiger partial charge is 0.352 e. The molecule has 0 saturated carbocycles. The topological polar surface area (TPSA) is 45.2 Å². The highest BCUT2D eigenvalue weighted by Crippen LogP contribution is 2.27. The fourth-order valence-corrected chi connectivity index (χ4v) is 3.10. The Morgan fingerprint density at radius 1 is 1.14 bits per heavy atom. The Labute approximate surface area is 137 Å². The van der Waals surface area contributed by atoms with Gasteiger partial charge >= 0.3 is 0 Å². The van der Waals surface area contributed by atoms with Gasteiger partial charge in [-0.3, -0.25) is 0 Å². The van der Waals surface area contributed by atoms with Crippen molar-refractivity contribution in [3.05, 3.63) is 39.7 Å². The molecule has 2 aromatic heterocycles. The number of halogens is 2. The number of hydrogen-bond acceptors (Lipinski definition) is 5. The first kappa shape index (κ1) is 14.5. The van der Waals surface area contributed by atoms with Crippen LogP contribution in [-0.2, 0) is 0 Å². The van der Waals surface area contributed by atoms with Crippen molar-refractivity contribution in [1.29, 1.82) is 0 Å². The second-order valence-corrected chi connectivity index (χ2v) is 6.25. The maximum atomic E-state index is 6.26. The molecule has 110 valence electrons. The Kier molecular flexibility index (Phi) is 4.26. The molecule has 0 unspecified atom stereocenters. The molecule has 1 saturated heterocycles. The summed E-state index contributed by atoms with van der Waals surface area (Å²) in [6, 6.07) is 3.78. The van der Waals surface area contributed by atoms with Gasteiger partial charge in [-0.15, -0.1) is 0 Å². The van der Waals surface area contributed by atoms with Crippen LogP contribution in [0, 0.1) is 6.92 Å². The fourth-order valence-electron chi connectivity index (χ4n) is 2.35. The average Bonchev–Trinajstić information content (AvgIpc) is 2.47. The molecule has 0 amide bonds. The third-order valence-corrected chi connectivity index (χ3v) is 4.14. The van der Waals surface area contributed by atoms with Crippen molar-refractivity contribution in [2.45, 2.75) is 6.92 Å². The molecule has 5 nitrogen and oxygen atoms in total. The summed E-state index contributed by atoms with van der Waals surface area (Å²) in [7, 11) is 0. The van der Waals surface area contributed by atoms with Crippen molar-refractivity contribution in [1.82, 2.24) is 15.0 Å². The first-order valence-corrected chi connectivity index (χ1v) is 7.91. The van der Waals surface area contributed by atoms with Crippen LogP contribution < -0.4 is 9.80 Å². The molecule has 3 heterocycles. The molecule has 2 aromatic rings. The maximum Gasteiger partial charge on any atom is 0.225 e. The summed E-state index contributed by atoms with van der Waals surface area (Å²) in [5.41, 5.74) is 0.986. The molecule has 1 aliphatic heterocycles. The van der Waals surface area contributed by atoms with Crippen LogP contribution in [0.25, 0.3) is 0 Å². The lowest BCUT2D eigenvalue weighted by Gasteiger charge is -2.35. The van der Waals surface area contributed by atoms with Crippen molar-refractivity contribution in [3.8, 4) is 0 Å². The monoisotopic (exact) mass is 367 g/mol. The molecule has 0 aliphatic carbocycles. The highest BCUT2D eigenvalue weighted by molar-refractivity contribution is 9.10. The molecule has 21 heavy (non-hydrogen) atoms. The third kappa shape index (κ3) is 3.27. The van der Waals surface area contributed by atoms with E-state index in [1.54, 1.807) is 12.4 Å². The van der Waals surface area contributed by atoms with Gasteiger partial charge in [0.1, 0.15) is 5.82 Å². The van der Waals surface area contributed by atoms with E-state index in [0.29, 0.717) is 5.02 Å². The molecule has 0 N–H and O–H groups in total. The normalized spacial score (nSPS) is 15.4. The average molecular weight is 369 g/mol. The van der Waals surface area contributed by atoms with Crippen LogP contribution in [0.2, 0.25) is 5.02 Å². The van der Waals surface area contributed by atoms with E-state index < -0.39 is 0 Å². The Hall–Kier alpha value is -1.40. The first-order chi connectivity index (χ1) is 10.1. The standard InChI is InChI=1S/C14H15BrClN5/c1-10-2-3-17-14(19-10)21-6-4-20(5-7-21)13-12(16)8-11(15)9-18-13/h2-3,8-9H,4-7H2,1H3. The zero-order chi connectivity index (χ0) is 14.8. The molecular weight excluding hydrogens is 354 g/mol. The first-order valence-electron chi connectivity index (χ1n) is 6.74. The lowest BCUT2D eigenvalue weighted by molar-refractivity contribution is 0.634. The van der Waals surface area contributed by atoms with E-state index in [4.69, 9.17) is 11.6 Å². The Morgan fingerprint density at radius 3 is 2.52 bits per heavy atom. The van der Waals surface area contributed by atoms with Crippen molar-refractivity contribution in [2.24, 2.45) is 0 Å². The molecule has 1 aliphatic rings. The molecule has 0 atom stereocenters. The summed E-state index contributed by atoms with van der Waals surface area (Å²) in [5, 5.41) is 0.671. The fraction of sp³-hybridized carbons (Fsp3) is 0.357. The predicted molar refractivity (Wildman–Crippen MR) is 88.1 cm³/mol. The van der Waals surface area contributed by atoms with Crippen molar-refractivity contribution in [3.63, 3.8) is 0 Å². The van der Waals surface area contributed by atoms with Gasteiger partial charge in [0.25, 0.3) is 0 Å². The number of hydrogen-bond donors (Lipinski definition) is 0. The van der Waals surface area contributed by atoms with E-state index >= 15 is 0 Å². The van der Waals surface area contributed by atoms with Crippen LogP contribution in [0.4, 0.5) is 11.8 Å². The predicted octanol–water partition coefficient (Wildman–Crippen LogP) is 2.92. The van der Waals surface area contributed by atoms with E-state index in [1.165, 1.54) is 0 Å². The van der Waals surface area contributed by atoms with Gasteiger partial charge in [-0.1, -0.05) is 11.6 Å². The van der Waals surface area contributed by atoms with Gasteiger partial charge < -0.3 is 9.80 Å². The molecule has 3 rings (SSSR count). The number of aromatic nitrogens is 3. The summed E-state index contributed by atoms with van der Waals surface area (Å²) in [6.45, 7) is 5.40. The van der Waals surface area contributed by atoms with Gasteiger partial charge in [0.15, 0.2) is 0 Å². The quantitative estimate of drug-likeness (QED) is 0.815. The minimum absolute atomic E-state index is 0.671. The zero-order valence-electron chi connectivity index (χ0n) is 11.6. The highest BCUT2D eigenvalue weighted by atomic mass is 79.9. The molecule has 0 bridgehead atoms. The van der Waals surface area contributed by atoms with Gasteiger partial charge in [0.05, 0.1) is 5.02 Å².